The number of pyridine rings is 2. The molecule has 3 heterocycles. The molecule has 0 saturated carbocycles. The first-order valence-corrected chi connectivity index (χ1v) is 9.93. The number of nitrogens with zero attached hydrogens (tertiary/aromatic N) is 2. The van der Waals surface area contributed by atoms with Crippen molar-refractivity contribution in [2.24, 2.45) is 0 Å². The van der Waals surface area contributed by atoms with Gasteiger partial charge in [0.15, 0.2) is 0 Å². The largest absolute Gasteiger partial charge is 0.478 e. The Morgan fingerprint density at radius 3 is 2.77 bits per heavy atom. The second kappa shape index (κ2) is 8.47. The molecule has 1 aliphatic heterocycles. The van der Waals surface area contributed by atoms with Gasteiger partial charge in [-0.15, -0.1) is 0 Å². The molecule has 4 rings (SSSR count). The number of hydrogen-bond acceptors (Lipinski definition) is 4. The van der Waals surface area contributed by atoms with Crippen LogP contribution >= 0.6 is 0 Å². The lowest BCUT2D eigenvalue weighted by Crippen LogP contribution is -2.33. The van der Waals surface area contributed by atoms with E-state index in [-0.39, 0.29) is 5.56 Å². The van der Waals surface area contributed by atoms with Crippen LogP contribution in [0, 0.1) is 0 Å². The zero-order valence-corrected chi connectivity index (χ0v) is 16.3. The van der Waals surface area contributed by atoms with E-state index in [4.69, 9.17) is 4.74 Å². The molecule has 1 N–H and O–H groups in total. The number of aromatic amines is 1. The number of aromatic nitrogens is 2. The van der Waals surface area contributed by atoms with Crippen molar-refractivity contribution < 1.29 is 17.9 Å². The first-order chi connectivity index (χ1) is 14.4. The van der Waals surface area contributed by atoms with Crippen LogP contribution < -0.4 is 10.3 Å². The molecule has 0 spiro atoms. The number of halogens is 3. The minimum Gasteiger partial charge on any atom is -0.478 e. The Morgan fingerprint density at radius 2 is 1.93 bits per heavy atom. The highest BCUT2D eigenvalue weighted by Crippen LogP contribution is 2.35. The first-order valence-electron chi connectivity index (χ1n) is 9.93. The van der Waals surface area contributed by atoms with Gasteiger partial charge in [-0.25, -0.2) is 0 Å². The Morgan fingerprint density at radius 1 is 1.10 bits per heavy atom. The van der Waals surface area contributed by atoms with Gasteiger partial charge in [0.1, 0.15) is 5.65 Å². The molecule has 0 aliphatic carbocycles. The maximum Gasteiger partial charge on any atom is 0.416 e. The summed E-state index contributed by atoms with van der Waals surface area (Å²) in [5.74, 6) is 0.436. The number of hydrogen-bond donors (Lipinski definition) is 1. The van der Waals surface area contributed by atoms with Gasteiger partial charge in [0.25, 0.3) is 0 Å². The van der Waals surface area contributed by atoms with Crippen molar-refractivity contribution in [1.29, 1.82) is 0 Å². The number of ether oxygens (including phenoxy) is 1. The Labute approximate surface area is 171 Å². The van der Waals surface area contributed by atoms with Crippen molar-refractivity contribution in [2.75, 3.05) is 19.7 Å². The highest BCUT2D eigenvalue weighted by Gasteiger charge is 2.35. The number of unbranched alkanes of at least 4 members (excludes halogenated alkanes) is 1. The third-order valence-electron chi connectivity index (χ3n) is 5.33. The van der Waals surface area contributed by atoms with E-state index in [0.29, 0.717) is 43.2 Å². The molecule has 0 bridgehead atoms. The average Bonchev–Trinajstić information content (AvgIpc) is 2.72. The summed E-state index contributed by atoms with van der Waals surface area (Å²) in [6.45, 7) is 2.25. The predicted molar refractivity (Wildman–Crippen MR) is 108 cm³/mol. The molecule has 3 aromatic rings. The van der Waals surface area contributed by atoms with E-state index in [1.54, 1.807) is 18.2 Å². The van der Waals surface area contributed by atoms with E-state index in [2.05, 4.69) is 14.9 Å². The van der Waals surface area contributed by atoms with Crippen molar-refractivity contribution in [3.05, 3.63) is 69.5 Å². The fourth-order valence-electron chi connectivity index (χ4n) is 3.80. The molecule has 0 fully saturated rings. The Kier molecular flexibility index (Phi) is 5.76. The summed E-state index contributed by atoms with van der Waals surface area (Å²) < 4.78 is 45.5. The maximum atomic E-state index is 13.3. The average molecular weight is 417 g/mol. The molecule has 158 valence electrons. The number of H-pyrrole nitrogens is 1. The lowest BCUT2D eigenvalue weighted by atomic mass is 9.94. The van der Waals surface area contributed by atoms with Crippen molar-refractivity contribution in [3.63, 3.8) is 0 Å². The smallest absolute Gasteiger partial charge is 0.416 e. The van der Waals surface area contributed by atoms with Gasteiger partial charge in [-0.3, -0.25) is 9.69 Å². The fourth-order valence-corrected chi connectivity index (χ4v) is 3.80. The molecule has 5 nitrogen and oxygen atoms in total. The van der Waals surface area contributed by atoms with Crippen LogP contribution in [0.1, 0.15) is 29.5 Å². The Bertz CT molecular complexity index is 1090. The number of alkyl halides is 3. The van der Waals surface area contributed by atoms with Gasteiger partial charge in [0.05, 0.1) is 12.2 Å². The summed E-state index contributed by atoms with van der Waals surface area (Å²) in [5.41, 5.74) is 0.941. The molecule has 0 unspecified atom stereocenters. The maximum absolute atomic E-state index is 13.3. The zero-order valence-electron chi connectivity index (χ0n) is 16.3. The van der Waals surface area contributed by atoms with Gasteiger partial charge in [0, 0.05) is 30.6 Å². The lowest BCUT2D eigenvalue weighted by molar-refractivity contribution is -0.138. The van der Waals surface area contributed by atoms with Crippen LogP contribution in [0.15, 0.2) is 47.3 Å². The molecule has 0 atom stereocenters. The second-order valence-electron chi connectivity index (χ2n) is 7.43. The summed E-state index contributed by atoms with van der Waals surface area (Å²) in [6, 6.07) is 11.2. The molecule has 0 amide bonds. The summed E-state index contributed by atoms with van der Waals surface area (Å²) in [7, 11) is 0. The molecule has 30 heavy (non-hydrogen) atoms. The van der Waals surface area contributed by atoms with Gasteiger partial charge < -0.3 is 9.72 Å². The number of nitrogens with one attached hydrogen (secondary N) is 1. The van der Waals surface area contributed by atoms with Crippen molar-refractivity contribution in [1.82, 2.24) is 14.9 Å². The third kappa shape index (κ3) is 4.64. The van der Waals surface area contributed by atoms with Gasteiger partial charge in [0.2, 0.25) is 11.4 Å². The topological polar surface area (TPSA) is 58.2 Å². The van der Waals surface area contributed by atoms with Gasteiger partial charge in [-0.1, -0.05) is 12.1 Å². The minimum absolute atomic E-state index is 0.219. The number of benzene rings is 1. The van der Waals surface area contributed by atoms with Gasteiger partial charge in [-0.2, -0.15) is 18.2 Å². The molecule has 0 radical (unpaired) electrons. The predicted octanol–water partition coefficient (Wildman–Crippen LogP) is 4.16. The molecule has 8 heteroatoms. The van der Waals surface area contributed by atoms with Crippen molar-refractivity contribution in [3.8, 4) is 5.88 Å². The quantitative estimate of drug-likeness (QED) is 0.612. The van der Waals surface area contributed by atoms with E-state index in [1.165, 1.54) is 18.2 Å². The fraction of sp³-hybridized carbons (Fsp3) is 0.364. The molecular formula is C22H22F3N3O2. The SMILES string of the molecule is O=c1ccc2ccc(OCCCCN3CCc4cccc(C(F)(F)F)c4C3)nc2[nH]1. The highest BCUT2D eigenvalue weighted by molar-refractivity contribution is 5.74. The van der Waals surface area contributed by atoms with E-state index < -0.39 is 11.7 Å². The zero-order chi connectivity index (χ0) is 21.1. The number of fused-ring (bicyclic) bond motifs is 2. The normalized spacial score (nSPS) is 14.6. The minimum atomic E-state index is -4.32. The summed E-state index contributed by atoms with van der Waals surface area (Å²) in [6.07, 6.45) is -2.11. The summed E-state index contributed by atoms with van der Waals surface area (Å²) >= 11 is 0. The van der Waals surface area contributed by atoms with Crippen LogP contribution in [0.5, 0.6) is 5.88 Å². The van der Waals surface area contributed by atoms with E-state index >= 15 is 0 Å². The van der Waals surface area contributed by atoms with Crippen LogP contribution in [0.3, 0.4) is 0 Å². The van der Waals surface area contributed by atoms with Crippen LogP contribution in [0.25, 0.3) is 11.0 Å². The molecular weight excluding hydrogens is 395 g/mol. The lowest BCUT2D eigenvalue weighted by Gasteiger charge is -2.30. The summed E-state index contributed by atoms with van der Waals surface area (Å²) in [5, 5.41) is 0.825. The molecule has 0 saturated heterocycles. The third-order valence-corrected chi connectivity index (χ3v) is 5.33. The van der Waals surface area contributed by atoms with Gasteiger partial charge >= 0.3 is 6.18 Å². The molecule has 1 aliphatic rings. The molecule has 2 aromatic heterocycles. The Balaban J connectivity index is 1.27. The van der Waals surface area contributed by atoms with Crippen molar-refractivity contribution >= 4 is 11.0 Å². The van der Waals surface area contributed by atoms with Crippen LogP contribution in [0.4, 0.5) is 13.2 Å². The standard InChI is InChI=1S/C22H22F3N3O2/c23-22(24,25)18-5-3-4-15-10-12-28(14-17(15)18)11-1-2-13-30-20-9-7-16-6-8-19(29)26-21(16)27-20/h3-9H,1-2,10-14H2,(H,26,27,29). The summed E-state index contributed by atoms with van der Waals surface area (Å²) in [4.78, 5) is 20.4. The molecule has 1 aromatic carbocycles. The van der Waals surface area contributed by atoms with Crippen LogP contribution in [-0.2, 0) is 19.1 Å². The van der Waals surface area contributed by atoms with Crippen LogP contribution in [-0.4, -0.2) is 34.6 Å². The Hall–Kier alpha value is -2.87. The highest BCUT2D eigenvalue weighted by atomic mass is 19.4. The van der Waals surface area contributed by atoms with E-state index in [1.807, 2.05) is 6.07 Å². The van der Waals surface area contributed by atoms with E-state index in [9.17, 15) is 18.0 Å². The second-order valence-corrected chi connectivity index (χ2v) is 7.43. The van der Waals surface area contributed by atoms with Crippen molar-refractivity contribution in [2.45, 2.75) is 32.0 Å². The van der Waals surface area contributed by atoms with Crippen LogP contribution in [0.2, 0.25) is 0 Å². The first kappa shape index (κ1) is 20.4. The monoisotopic (exact) mass is 417 g/mol. The van der Waals surface area contributed by atoms with E-state index in [0.717, 1.165) is 30.3 Å². The number of rotatable bonds is 6. The van der Waals surface area contributed by atoms with Gasteiger partial charge in [-0.05, 0) is 55.1 Å².